The normalized spacial score (nSPS) is 25.9. The van der Waals surface area contributed by atoms with Crippen molar-refractivity contribution in [1.82, 2.24) is 5.43 Å². The number of hydrogen-bond donors (Lipinski definition) is 2. The summed E-state index contributed by atoms with van der Waals surface area (Å²) < 4.78 is 13.9. The van der Waals surface area contributed by atoms with Gasteiger partial charge in [-0.3, -0.25) is 11.3 Å². The third-order valence-corrected chi connectivity index (χ3v) is 4.29. The molecule has 0 spiro atoms. The highest BCUT2D eigenvalue weighted by molar-refractivity contribution is 5.22. The molecule has 3 unspecified atom stereocenters. The lowest BCUT2D eigenvalue weighted by molar-refractivity contribution is 0.207. The molecule has 0 bridgehead atoms. The Labute approximate surface area is 109 Å². The van der Waals surface area contributed by atoms with Crippen LogP contribution in [0.4, 0.5) is 4.39 Å². The molecule has 0 saturated heterocycles. The molecule has 1 saturated carbocycles. The van der Waals surface area contributed by atoms with E-state index in [1.54, 1.807) is 6.07 Å². The Kier molecular flexibility index (Phi) is 4.72. The summed E-state index contributed by atoms with van der Waals surface area (Å²) in [5.41, 5.74) is 3.54. The summed E-state index contributed by atoms with van der Waals surface area (Å²) in [4.78, 5) is 0. The highest BCUT2D eigenvalue weighted by Crippen LogP contribution is 2.38. The highest BCUT2D eigenvalue weighted by Gasteiger charge is 2.29. The third-order valence-electron chi connectivity index (χ3n) is 4.29. The van der Waals surface area contributed by atoms with E-state index in [9.17, 15) is 4.39 Å². The van der Waals surface area contributed by atoms with Gasteiger partial charge in [0, 0.05) is 5.56 Å². The topological polar surface area (TPSA) is 38.0 Å². The molecule has 3 heteroatoms. The summed E-state index contributed by atoms with van der Waals surface area (Å²) in [5.74, 6) is 6.74. The van der Waals surface area contributed by atoms with Crippen LogP contribution in [0.3, 0.4) is 0 Å². The zero-order valence-electron chi connectivity index (χ0n) is 11.0. The Morgan fingerprint density at radius 1 is 1.39 bits per heavy atom. The van der Waals surface area contributed by atoms with E-state index >= 15 is 0 Å². The molecule has 0 aromatic heterocycles. The van der Waals surface area contributed by atoms with Gasteiger partial charge in [-0.05, 0) is 30.7 Å². The molecule has 18 heavy (non-hydrogen) atoms. The number of nitrogens with one attached hydrogen (secondary N) is 1. The summed E-state index contributed by atoms with van der Waals surface area (Å²) in [6, 6.07) is 6.90. The summed E-state index contributed by atoms with van der Waals surface area (Å²) in [6.07, 6.45) is 6.04. The Hall–Kier alpha value is -0.930. The Balaban J connectivity index is 2.15. The predicted molar refractivity (Wildman–Crippen MR) is 72.2 cm³/mol. The monoisotopic (exact) mass is 250 g/mol. The lowest BCUT2D eigenvalue weighted by atomic mass is 9.75. The zero-order chi connectivity index (χ0) is 13.0. The maximum absolute atomic E-state index is 13.9. The standard InChI is InChI=1S/C15H23FN2/c1-2-11-6-5-7-12(10-11)15(18-17)13-8-3-4-9-14(13)16/h3-4,8-9,11-12,15,18H,2,5-7,10,17H2,1H3. The van der Waals surface area contributed by atoms with Gasteiger partial charge in [0.05, 0.1) is 6.04 Å². The molecular weight excluding hydrogens is 227 g/mol. The Morgan fingerprint density at radius 3 is 2.83 bits per heavy atom. The van der Waals surface area contributed by atoms with Gasteiger partial charge in [-0.2, -0.15) is 0 Å². The van der Waals surface area contributed by atoms with Crippen LogP contribution in [0, 0.1) is 17.7 Å². The molecule has 3 N–H and O–H groups in total. The van der Waals surface area contributed by atoms with Crippen LogP contribution in [0.5, 0.6) is 0 Å². The minimum Gasteiger partial charge on any atom is -0.271 e. The van der Waals surface area contributed by atoms with Gasteiger partial charge in [-0.15, -0.1) is 0 Å². The number of hydrogen-bond acceptors (Lipinski definition) is 2. The van der Waals surface area contributed by atoms with E-state index < -0.39 is 0 Å². The van der Waals surface area contributed by atoms with Crippen LogP contribution in [0.2, 0.25) is 0 Å². The predicted octanol–water partition coefficient (Wildman–Crippen LogP) is 3.55. The van der Waals surface area contributed by atoms with Crippen molar-refractivity contribution < 1.29 is 4.39 Å². The van der Waals surface area contributed by atoms with Crippen molar-refractivity contribution in [3.8, 4) is 0 Å². The van der Waals surface area contributed by atoms with Gasteiger partial charge in [0.2, 0.25) is 0 Å². The molecule has 3 atom stereocenters. The van der Waals surface area contributed by atoms with Crippen LogP contribution in [-0.2, 0) is 0 Å². The molecule has 0 amide bonds. The first-order valence-electron chi connectivity index (χ1n) is 6.96. The van der Waals surface area contributed by atoms with Gasteiger partial charge < -0.3 is 0 Å². The minimum atomic E-state index is -0.154. The smallest absolute Gasteiger partial charge is 0.128 e. The zero-order valence-corrected chi connectivity index (χ0v) is 11.0. The van der Waals surface area contributed by atoms with Crippen molar-refractivity contribution >= 4 is 0 Å². The molecule has 1 aliphatic rings. The fourth-order valence-electron chi connectivity index (χ4n) is 3.21. The third kappa shape index (κ3) is 2.90. The van der Waals surface area contributed by atoms with Crippen LogP contribution < -0.4 is 11.3 Å². The van der Waals surface area contributed by atoms with Gasteiger partial charge in [0.15, 0.2) is 0 Å². The number of rotatable bonds is 4. The summed E-state index contributed by atoms with van der Waals surface area (Å²) >= 11 is 0. The van der Waals surface area contributed by atoms with Gasteiger partial charge in [0.1, 0.15) is 5.82 Å². The largest absolute Gasteiger partial charge is 0.271 e. The van der Waals surface area contributed by atoms with Gasteiger partial charge in [0.25, 0.3) is 0 Å². The van der Waals surface area contributed by atoms with E-state index in [0.717, 1.165) is 18.8 Å². The molecule has 1 fully saturated rings. The van der Waals surface area contributed by atoms with Gasteiger partial charge >= 0.3 is 0 Å². The van der Waals surface area contributed by atoms with Crippen molar-refractivity contribution in [1.29, 1.82) is 0 Å². The molecule has 2 rings (SSSR count). The Morgan fingerprint density at radius 2 is 2.17 bits per heavy atom. The summed E-state index contributed by atoms with van der Waals surface area (Å²) in [6.45, 7) is 2.24. The maximum atomic E-state index is 13.9. The fraction of sp³-hybridized carbons (Fsp3) is 0.600. The number of nitrogens with two attached hydrogens (primary N) is 1. The van der Waals surface area contributed by atoms with Crippen LogP contribution in [-0.4, -0.2) is 0 Å². The first kappa shape index (κ1) is 13.5. The van der Waals surface area contributed by atoms with Crippen LogP contribution >= 0.6 is 0 Å². The van der Waals surface area contributed by atoms with Crippen molar-refractivity contribution in [2.24, 2.45) is 17.7 Å². The Bertz CT molecular complexity index is 381. The molecule has 2 nitrogen and oxygen atoms in total. The number of hydrazine groups is 1. The molecule has 1 aromatic carbocycles. The van der Waals surface area contributed by atoms with Crippen LogP contribution in [0.25, 0.3) is 0 Å². The maximum Gasteiger partial charge on any atom is 0.128 e. The second kappa shape index (κ2) is 6.30. The average Bonchev–Trinajstić information content (AvgIpc) is 2.42. The summed E-state index contributed by atoms with van der Waals surface area (Å²) in [5, 5.41) is 0. The van der Waals surface area contributed by atoms with Gasteiger partial charge in [-0.25, -0.2) is 4.39 Å². The van der Waals surface area contributed by atoms with Gasteiger partial charge in [-0.1, -0.05) is 44.4 Å². The van der Waals surface area contributed by atoms with Crippen molar-refractivity contribution in [3.63, 3.8) is 0 Å². The first-order chi connectivity index (χ1) is 8.76. The minimum absolute atomic E-state index is 0.0550. The first-order valence-corrected chi connectivity index (χ1v) is 6.96. The molecule has 100 valence electrons. The quantitative estimate of drug-likeness (QED) is 0.633. The van der Waals surface area contributed by atoms with Crippen molar-refractivity contribution in [3.05, 3.63) is 35.6 Å². The van der Waals surface area contributed by atoms with E-state index in [1.165, 1.54) is 25.3 Å². The number of benzene rings is 1. The van der Waals surface area contributed by atoms with Crippen molar-refractivity contribution in [2.75, 3.05) is 0 Å². The summed E-state index contributed by atoms with van der Waals surface area (Å²) in [7, 11) is 0. The second-order valence-corrected chi connectivity index (χ2v) is 5.37. The molecular formula is C15H23FN2. The molecule has 1 aliphatic carbocycles. The SMILES string of the molecule is CCC1CCCC(C(NN)c2ccccc2F)C1. The van der Waals surface area contributed by atoms with E-state index in [2.05, 4.69) is 12.3 Å². The highest BCUT2D eigenvalue weighted by atomic mass is 19.1. The average molecular weight is 250 g/mol. The fourth-order valence-corrected chi connectivity index (χ4v) is 3.21. The van der Waals surface area contributed by atoms with E-state index in [1.807, 2.05) is 12.1 Å². The van der Waals surface area contributed by atoms with E-state index in [0.29, 0.717) is 11.5 Å². The van der Waals surface area contributed by atoms with Crippen LogP contribution in [0.15, 0.2) is 24.3 Å². The molecule has 0 radical (unpaired) electrons. The molecule has 0 aliphatic heterocycles. The van der Waals surface area contributed by atoms with E-state index in [4.69, 9.17) is 5.84 Å². The van der Waals surface area contributed by atoms with Crippen LogP contribution in [0.1, 0.15) is 50.6 Å². The number of halogens is 1. The van der Waals surface area contributed by atoms with E-state index in [-0.39, 0.29) is 11.9 Å². The lowest BCUT2D eigenvalue weighted by Crippen LogP contribution is -2.36. The second-order valence-electron chi connectivity index (χ2n) is 5.37. The molecule has 1 aromatic rings. The molecule has 0 heterocycles. The van der Waals surface area contributed by atoms with Crippen molar-refractivity contribution in [2.45, 2.75) is 45.1 Å². The lowest BCUT2D eigenvalue weighted by Gasteiger charge is -2.34.